The van der Waals surface area contributed by atoms with Crippen molar-refractivity contribution in [2.45, 2.75) is 32.0 Å². The predicted octanol–water partition coefficient (Wildman–Crippen LogP) is 0.785. The van der Waals surface area contributed by atoms with E-state index in [1.54, 1.807) is 0 Å². The predicted molar refractivity (Wildman–Crippen MR) is 56.0 cm³/mol. The van der Waals surface area contributed by atoms with Crippen LogP contribution in [0.3, 0.4) is 0 Å². The molecule has 0 N–H and O–H groups in total. The second-order valence-electron chi connectivity index (χ2n) is 4.36. The molecule has 1 atom stereocenters. The fourth-order valence-electron chi connectivity index (χ4n) is 1.52. The summed E-state index contributed by atoms with van der Waals surface area (Å²) in [5, 5.41) is 0. The van der Waals surface area contributed by atoms with Gasteiger partial charge in [-0.05, 0) is 20.3 Å². The summed E-state index contributed by atoms with van der Waals surface area (Å²) in [5.74, 6) is 0. The molecule has 0 amide bonds. The molecule has 0 spiro atoms. The lowest BCUT2D eigenvalue weighted by Gasteiger charge is -2.21. The molecule has 1 unspecified atom stereocenters. The highest BCUT2D eigenvalue weighted by Gasteiger charge is 2.42. The van der Waals surface area contributed by atoms with Crippen LogP contribution in [0.1, 0.15) is 20.3 Å². The molecule has 0 aromatic rings. The zero-order chi connectivity index (χ0) is 11.7. The van der Waals surface area contributed by atoms with Crippen LogP contribution >= 0.6 is 0 Å². The standard InChI is InChI=1S/C9H18FNO3S/c1-8(2)14-7-9(10)4-5-11(6-9)15(3,12)13/h8H,4-7H2,1-3H3. The zero-order valence-electron chi connectivity index (χ0n) is 9.36. The van der Waals surface area contributed by atoms with Crippen molar-refractivity contribution >= 4 is 10.0 Å². The summed E-state index contributed by atoms with van der Waals surface area (Å²) in [4.78, 5) is 0. The van der Waals surface area contributed by atoms with E-state index in [1.165, 1.54) is 0 Å². The van der Waals surface area contributed by atoms with Crippen molar-refractivity contribution in [2.75, 3.05) is 26.0 Å². The molecule has 6 heteroatoms. The lowest BCUT2D eigenvalue weighted by atomic mass is 10.1. The number of alkyl halides is 1. The molecule has 0 aliphatic carbocycles. The van der Waals surface area contributed by atoms with E-state index < -0.39 is 15.7 Å². The average Bonchev–Trinajstić information content (AvgIpc) is 2.45. The summed E-state index contributed by atoms with van der Waals surface area (Å²) < 4.78 is 42.7. The molecule has 1 aliphatic rings. The third kappa shape index (κ3) is 3.70. The number of hydrogen-bond donors (Lipinski definition) is 0. The number of ether oxygens (including phenoxy) is 1. The minimum absolute atomic E-state index is 0.0311. The van der Waals surface area contributed by atoms with Crippen molar-refractivity contribution in [2.24, 2.45) is 0 Å². The molecular weight excluding hydrogens is 221 g/mol. The molecule has 1 fully saturated rings. The first kappa shape index (κ1) is 12.9. The van der Waals surface area contributed by atoms with Crippen molar-refractivity contribution in [3.8, 4) is 0 Å². The quantitative estimate of drug-likeness (QED) is 0.728. The number of sulfonamides is 1. The maximum absolute atomic E-state index is 14.0. The Balaban J connectivity index is 2.54. The normalized spacial score (nSPS) is 28.9. The Kier molecular flexibility index (Phi) is 3.73. The van der Waals surface area contributed by atoms with Gasteiger partial charge in [-0.25, -0.2) is 12.8 Å². The van der Waals surface area contributed by atoms with E-state index in [2.05, 4.69) is 0 Å². The first-order chi connectivity index (χ1) is 6.73. The number of hydrogen-bond acceptors (Lipinski definition) is 3. The van der Waals surface area contributed by atoms with Gasteiger partial charge in [0.2, 0.25) is 10.0 Å². The highest BCUT2D eigenvalue weighted by atomic mass is 32.2. The molecule has 0 saturated carbocycles. The van der Waals surface area contributed by atoms with E-state index in [4.69, 9.17) is 4.74 Å². The minimum atomic E-state index is -3.27. The molecule has 0 bridgehead atoms. The van der Waals surface area contributed by atoms with Crippen LogP contribution in [0.15, 0.2) is 0 Å². The molecule has 1 saturated heterocycles. The van der Waals surface area contributed by atoms with Gasteiger partial charge in [-0.2, -0.15) is 4.31 Å². The smallest absolute Gasteiger partial charge is 0.211 e. The SMILES string of the molecule is CC(C)OCC1(F)CCN(S(C)(=O)=O)C1. The lowest BCUT2D eigenvalue weighted by molar-refractivity contribution is -0.00660. The third-order valence-electron chi connectivity index (χ3n) is 2.41. The van der Waals surface area contributed by atoms with Crippen molar-refractivity contribution in [1.82, 2.24) is 4.31 Å². The fraction of sp³-hybridized carbons (Fsp3) is 1.00. The van der Waals surface area contributed by atoms with Gasteiger partial charge in [-0.1, -0.05) is 0 Å². The summed E-state index contributed by atoms with van der Waals surface area (Å²) in [6.45, 7) is 3.78. The van der Waals surface area contributed by atoms with Gasteiger partial charge in [-0.3, -0.25) is 0 Å². The molecule has 0 radical (unpaired) electrons. The van der Waals surface area contributed by atoms with Crippen LogP contribution in [-0.4, -0.2) is 50.4 Å². The Morgan fingerprint density at radius 2 is 2.13 bits per heavy atom. The summed E-state index contributed by atoms with van der Waals surface area (Å²) in [7, 11) is -3.27. The van der Waals surface area contributed by atoms with Gasteiger partial charge in [0.05, 0.1) is 25.5 Å². The zero-order valence-corrected chi connectivity index (χ0v) is 10.2. The third-order valence-corrected chi connectivity index (χ3v) is 3.66. The van der Waals surface area contributed by atoms with Gasteiger partial charge in [-0.15, -0.1) is 0 Å². The minimum Gasteiger partial charge on any atom is -0.375 e. The second-order valence-corrected chi connectivity index (χ2v) is 6.34. The van der Waals surface area contributed by atoms with E-state index in [-0.39, 0.29) is 32.2 Å². The number of rotatable bonds is 4. The van der Waals surface area contributed by atoms with E-state index in [1.807, 2.05) is 13.8 Å². The molecule has 1 rings (SSSR count). The number of nitrogens with zero attached hydrogens (tertiary/aromatic N) is 1. The number of halogens is 1. The van der Waals surface area contributed by atoms with Crippen LogP contribution in [0.5, 0.6) is 0 Å². The van der Waals surface area contributed by atoms with Crippen LogP contribution in [-0.2, 0) is 14.8 Å². The van der Waals surface area contributed by atoms with Crippen LogP contribution in [0, 0.1) is 0 Å². The molecule has 15 heavy (non-hydrogen) atoms. The Morgan fingerprint density at radius 1 is 1.53 bits per heavy atom. The maximum Gasteiger partial charge on any atom is 0.211 e. The van der Waals surface area contributed by atoms with E-state index in [9.17, 15) is 12.8 Å². The van der Waals surface area contributed by atoms with Gasteiger partial charge < -0.3 is 4.74 Å². The van der Waals surface area contributed by atoms with Crippen molar-refractivity contribution in [1.29, 1.82) is 0 Å². The molecule has 4 nitrogen and oxygen atoms in total. The highest BCUT2D eigenvalue weighted by Crippen LogP contribution is 2.27. The van der Waals surface area contributed by atoms with Crippen LogP contribution < -0.4 is 0 Å². The van der Waals surface area contributed by atoms with Crippen molar-refractivity contribution in [3.63, 3.8) is 0 Å². The molecule has 0 aromatic carbocycles. The average molecular weight is 239 g/mol. The largest absolute Gasteiger partial charge is 0.375 e. The fourth-order valence-corrected chi connectivity index (χ4v) is 2.40. The van der Waals surface area contributed by atoms with E-state index in [0.717, 1.165) is 10.6 Å². The van der Waals surface area contributed by atoms with Crippen molar-refractivity contribution < 1.29 is 17.5 Å². The van der Waals surface area contributed by atoms with Crippen LogP contribution in [0.2, 0.25) is 0 Å². The topological polar surface area (TPSA) is 46.6 Å². The Morgan fingerprint density at radius 3 is 2.53 bits per heavy atom. The van der Waals surface area contributed by atoms with E-state index >= 15 is 0 Å². The van der Waals surface area contributed by atoms with E-state index in [0.29, 0.717) is 0 Å². The molecule has 1 heterocycles. The van der Waals surface area contributed by atoms with Gasteiger partial charge in [0.1, 0.15) is 5.67 Å². The molecule has 90 valence electrons. The summed E-state index contributed by atoms with van der Waals surface area (Å²) in [6, 6.07) is 0. The summed E-state index contributed by atoms with van der Waals surface area (Å²) >= 11 is 0. The molecule has 1 aliphatic heterocycles. The van der Waals surface area contributed by atoms with Crippen molar-refractivity contribution in [3.05, 3.63) is 0 Å². The Labute approximate surface area is 90.5 Å². The maximum atomic E-state index is 14.0. The van der Waals surface area contributed by atoms with Gasteiger partial charge in [0.25, 0.3) is 0 Å². The first-order valence-corrected chi connectivity index (χ1v) is 6.83. The van der Waals surface area contributed by atoms with Gasteiger partial charge in [0, 0.05) is 6.54 Å². The van der Waals surface area contributed by atoms with Gasteiger partial charge in [0.15, 0.2) is 0 Å². The Hall–Kier alpha value is -0.200. The second kappa shape index (κ2) is 4.35. The molecular formula is C9H18FNO3S. The lowest BCUT2D eigenvalue weighted by Crippen LogP contribution is -2.36. The van der Waals surface area contributed by atoms with Crippen LogP contribution in [0.25, 0.3) is 0 Å². The Bertz CT molecular complexity index is 317. The summed E-state index contributed by atoms with van der Waals surface area (Å²) in [5.41, 5.74) is -1.52. The van der Waals surface area contributed by atoms with Crippen LogP contribution in [0.4, 0.5) is 4.39 Å². The molecule has 0 aromatic heterocycles. The summed E-state index contributed by atoms with van der Waals surface area (Å²) in [6.07, 6.45) is 1.28. The monoisotopic (exact) mass is 239 g/mol. The first-order valence-electron chi connectivity index (χ1n) is 4.99. The highest BCUT2D eigenvalue weighted by molar-refractivity contribution is 7.88. The van der Waals surface area contributed by atoms with Gasteiger partial charge >= 0.3 is 0 Å².